The Kier molecular flexibility index (Phi) is 8.07. The first-order valence-corrected chi connectivity index (χ1v) is 11.7. The van der Waals surface area contributed by atoms with E-state index in [1.165, 1.54) is 0 Å². The van der Waals surface area contributed by atoms with Gasteiger partial charge < -0.3 is 9.47 Å². The predicted octanol–water partition coefficient (Wildman–Crippen LogP) is 6.37. The number of fused-ring (bicyclic) bond motifs is 1. The van der Waals surface area contributed by atoms with Crippen LogP contribution in [0.15, 0.2) is 95.0 Å². The number of pyridine rings is 1. The molecule has 0 aliphatic heterocycles. The molecule has 0 unspecified atom stereocenters. The Morgan fingerprint density at radius 2 is 1.71 bits per heavy atom. The normalized spacial score (nSPS) is 11.8. The molecule has 35 heavy (non-hydrogen) atoms. The molecular weight excluding hydrogens is 436 g/mol. The zero-order valence-electron chi connectivity index (χ0n) is 20.3. The van der Waals surface area contributed by atoms with Gasteiger partial charge in [0.25, 0.3) is 0 Å². The van der Waals surface area contributed by atoms with Crippen LogP contribution in [0.3, 0.4) is 0 Å². The van der Waals surface area contributed by atoms with Gasteiger partial charge in [-0.25, -0.2) is 9.98 Å². The SMILES string of the molecule is COc1ccccc1N=C(N/N=C/c1ccc(OCCC(C)C)cc1)c1ccc2ccccc2n1. The smallest absolute Gasteiger partial charge is 0.173 e. The van der Waals surface area contributed by atoms with Gasteiger partial charge in [-0.3, -0.25) is 5.43 Å². The molecule has 1 heterocycles. The standard InChI is InChI=1S/C29H30N4O2/c1-21(2)18-19-35-24-15-12-22(13-16-24)20-30-33-29(32-26-10-6-7-11-28(26)34-3)27-17-14-23-8-4-5-9-25(23)31-27/h4-17,20-21H,18-19H2,1-3H3,(H,32,33)/b30-20+. The van der Waals surface area contributed by atoms with Crippen LogP contribution < -0.4 is 14.9 Å². The van der Waals surface area contributed by atoms with E-state index in [-0.39, 0.29) is 0 Å². The summed E-state index contributed by atoms with van der Waals surface area (Å²) in [5.74, 6) is 2.67. The maximum atomic E-state index is 5.80. The molecular formula is C29H30N4O2. The van der Waals surface area contributed by atoms with Crippen LogP contribution in [0.2, 0.25) is 0 Å². The van der Waals surface area contributed by atoms with Gasteiger partial charge in [0.15, 0.2) is 5.84 Å². The van der Waals surface area contributed by atoms with Crippen LogP contribution in [0.1, 0.15) is 31.5 Å². The van der Waals surface area contributed by atoms with Crippen LogP contribution in [0.4, 0.5) is 5.69 Å². The summed E-state index contributed by atoms with van der Waals surface area (Å²) in [7, 11) is 1.63. The number of aromatic nitrogens is 1. The highest BCUT2D eigenvalue weighted by Gasteiger charge is 2.09. The maximum Gasteiger partial charge on any atom is 0.173 e. The average Bonchev–Trinajstić information content (AvgIpc) is 2.89. The molecule has 6 heteroatoms. The maximum absolute atomic E-state index is 5.80. The zero-order chi connectivity index (χ0) is 24.5. The second-order valence-electron chi connectivity index (χ2n) is 8.49. The summed E-state index contributed by atoms with van der Waals surface area (Å²) in [5, 5.41) is 5.50. The molecule has 4 aromatic rings. The van der Waals surface area contributed by atoms with Crippen molar-refractivity contribution in [3.05, 3.63) is 96.2 Å². The Labute approximate surface area is 206 Å². The Morgan fingerprint density at radius 1 is 0.943 bits per heavy atom. The van der Waals surface area contributed by atoms with Crippen molar-refractivity contribution in [3.63, 3.8) is 0 Å². The van der Waals surface area contributed by atoms with Gasteiger partial charge in [0.05, 0.1) is 25.4 Å². The number of benzene rings is 3. The molecule has 0 aliphatic carbocycles. The number of aliphatic imine (C=N–C) groups is 1. The van der Waals surface area contributed by atoms with Gasteiger partial charge in [-0.05, 0) is 66.4 Å². The highest BCUT2D eigenvalue weighted by atomic mass is 16.5. The van der Waals surface area contributed by atoms with Gasteiger partial charge in [0, 0.05) is 5.39 Å². The van der Waals surface area contributed by atoms with Gasteiger partial charge in [-0.2, -0.15) is 5.10 Å². The van der Waals surface area contributed by atoms with Crippen molar-refractivity contribution >= 4 is 28.6 Å². The van der Waals surface area contributed by atoms with E-state index in [0.717, 1.165) is 28.6 Å². The fourth-order valence-electron chi connectivity index (χ4n) is 3.41. The second kappa shape index (κ2) is 11.8. The summed E-state index contributed by atoms with van der Waals surface area (Å²) in [4.78, 5) is 9.56. The number of hydrogen-bond acceptors (Lipinski definition) is 5. The van der Waals surface area contributed by atoms with Crippen molar-refractivity contribution in [2.45, 2.75) is 20.3 Å². The topological polar surface area (TPSA) is 68.1 Å². The Morgan fingerprint density at radius 3 is 2.51 bits per heavy atom. The van der Waals surface area contributed by atoms with Crippen molar-refractivity contribution in [2.24, 2.45) is 16.0 Å². The predicted molar refractivity (Wildman–Crippen MR) is 143 cm³/mol. The first kappa shape index (κ1) is 24.0. The largest absolute Gasteiger partial charge is 0.494 e. The van der Waals surface area contributed by atoms with E-state index in [2.05, 4.69) is 24.4 Å². The van der Waals surface area contributed by atoms with Crippen molar-refractivity contribution in [2.75, 3.05) is 13.7 Å². The van der Waals surface area contributed by atoms with E-state index in [9.17, 15) is 0 Å². The molecule has 0 atom stereocenters. The monoisotopic (exact) mass is 466 g/mol. The lowest BCUT2D eigenvalue weighted by Crippen LogP contribution is -2.20. The summed E-state index contributed by atoms with van der Waals surface area (Å²) in [6.45, 7) is 5.10. The number of methoxy groups -OCH3 is 1. The van der Waals surface area contributed by atoms with Gasteiger partial charge in [-0.15, -0.1) is 0 Å². The van der Waals surface area contributed by atoms with Gasteiger partial charge >= 0.3 is 0 Å². The number of amidine groups is 1. The lowest BCUT2D eigenvalue weighted by molar-refractivity contribution is 0.289. The molecule has 0 saturated carbocycles. The van der Waals surface area contributed by atoms with Crippen molar-refractivity contribution in [3.8, 4) is 11.5 Å². The molecule has 0 amide bonds. The minimum atomic E-state index is 0.519. The molecule has 3 aromatic carbocycles. The van der Waals surface area contributed by atoms with E-state index in [1.54, 1.807) is 13.3 Å². The summed E-state index contributed by atoms with van der Waals surface area (Å²) < 4.78 is 11.3. The molecule has 4 rings (SSSR count). The van der Waals surface area contributed by atoms with Gasteiger partial charge in [0.2, 0.25) is 0 Å². The molecule has 0 fully saturated rings. The molecule has 1 N–H and O–H groups in total. The lowest BCUT2D eigenvalue weighted by Gasteiger charge is -2.09. The third-order valence-corrected chi connectivity index (χ3v) is 5.39. The number of nitrogens with one attached hydrogen (secondary N) is 1. The van der Waals surface area contributed by atoms with E-state index >= 15 is 0 Å². The fraction of sp³-hybridized carbons (Fsp3) is 0.207. The third kappa shape index (κ3) is 6.67. The molecule has 0 spiro atoms. The Hall–Kier alpha value is -4.19. The number of para-hydroxylation sites is 3. The first-order valence-electron chi connectivity index (χ1n) is 11.7. The van der Waals surface area contributed by atoms with E-state index in [1.807, 2.05) is 84.9 Å². The van der Waals surface area contributed by atoms with E-state index in [4.69, 9.17) is 19.5 Å². The molecule has 0 aliphatic rings. The highest BCUT2D eigenvalue weighted by molar-refractivity contribution is 6.01. The van der Waals surface area contributed by atoms with Crippen LogP contribution in [0.5, 0.6) is 11.5 Å². The zero-order valence-corrected chi connectivity index (χ0v) is 20.3. The van der Waals surface area contributed by atoms with E-state index in [0.29, 0.717) is 35.5 Å². The van der Waals surface area contributed by atoms with E-state index < -0.39 is 0 Å². The molecule has 6 nitrogen and oxygen atoms in total. The lowest BCUT2D eigenvalue weighted by atomic mass is 10.1. The molecule has 178 valence electrons. The average molecular weight is 467 g/mol. The summed E-state index contributed by atoms with van der Waals surface area (Å²) >= 11 is 0. The van der Waals surface area contributed by atoms with Gasteiger partial charge in [0.1, 0.15) is 22.9 Å². The van der Waals surface area contributed by atoms with Gasteiger partial charge in [-0.1, -0.05) is 50.2 Å². The summed E-state index contributed by atoms with van der Waals surface area (Å²) in [5.41, 5.74) is 6.27. The fourth-order valence-corrected chi connectivity index (χ4v) is 3.41. The molecule has 0 saturated heterocycles. The molecule has 1 aromatic heterocycles. The van der Waals surface area contributed by atoms with Crippen molar-refractivity contribution in [1.29, 1.82) is 0 Å². The third-order valence-electron chi connectivity index (χ3n) is 5.39. The van der Waals surface area contributed by atoms with Crippen molar-refractivity contribution < 1.29 is 9.47 Å². The summed E-state index contributed by atoms with van der Waals surface area (Å²) in [6, 6.07) is 27.4. The minimum Gasteiger partial charge on any atom is -0.494 e. The number of rotatable bonds is 9. The van der Waals surface area contributed by atoms with Crippen LogP contribution in [-0.4, -0.2) is 30.8 Å². The van der Waals surface area contributed by atoms with Crippen molar-refractivity contribution in [1.82, 2.24) is 10.4 Å². The minimum absolute atomic E-state index is 0.519. The molecule has 0 bridgehead atoms. The number of hydrazone groups is 1. The second-order valence-corrected chi connectivity index (χ2v) is 8.49. The number of hydrogen-bond donors (Lipinski definition) is 1. The van der Waals surface area contributed by atoms with Crippen LogP contribution in [0, 0.1) is 5.92 Å². The highest BCUT2D eigenvalue weighted by Crippen LogP contribution is 2.27. The Balaban J connectivity index is 1.56. The number of nitrogens with zero attached hydrogens (tertiary/aromatic N) is 3. The first-order chi connectivity index (χ1) is 17.1. The Bertz CT molecular complexity index is 1310. The number of ether oxygens (including phenoxy) is 2. The van der Waals surface area contributed by atoms with Crippen LogP contribution in [-0.2, 0) is 0 Å². The quantitative estimate of drug-likeness (QED) is 0.177. The molecule has 0 radical (unpaired) electrons. The van der Waals surface area contributed by atoms with Crippen LogP contribution >= 0.6 is 0 Å². The van der Waals surface area contributed by atoms with Crippen LogP contribution in [0.25, 0.3) is 10.9 Å². The summed E-state index contributed by atoms with van der Waals surface area (Å²) in [6.07, 6.45) is 2.78.